The van der Waals surface area contributed by atoms with Gasteiger partial charge in [-0.3, -0.25) is 21.5 Å². The fraction of sp³-hybridized carbons (Fsp3) is 0.500. The van der Waals surface area contributed by atoms with E-state index in [4.69, 9.17) is 11.6 Å². The number of hydrogen-bond donors (Lipinski definition) is 2. The quantitative estimate of drug-likeness (QED) is 0.531. The van der Waals surface area contributed by atoms with E-state index in [1.54, 1.807) is 6.07 Å². The zero-order chi connectivity index (χ0) is 18.0. The van der Waals surface area contributed by atoms with E-state index in [0.717, 1.165) is 25.9 Å². The molecule has 1 saturated carbocycles. The molecule has 142 valence electrons. The monoisotopic (exact) mass is 550 g/mol. The van der Waals surface area contributed by atoms with Gasteiger partial charge in [0.15, 0.2) is 0 Å². The Morgan fingerprint density at radius 1 is 1.27 bits per heavy atom. The smallest absolute Gasteiger partial charge is 0.224 e. The zero-order valence-electron chi connectivity index (χ0n) is 14.4. The third-order valence-corrected chi connectivity index (χ3v) is 5.22. The molecule has 1 aliphatic heterocycles. The third-order valence-electron chi connectivity index (χ3n) is 5.00. The number of carbonyl (C=O) groups excluding carboxylic acids is 2. The van der Waals surface area contributed by atoms with E-state index < -0.39 is 5.82 Å². The molecule has 0 atom stereocenters. The third kappa shape index (κ3) is 5.27. The van der Waals surface area contributed by atoms with E-state index in [1.807, 2.05) is 0 Å². The fourth-order valence-corrected chi connectivity index (χ4v) is 4.30. The van der Waals surface area contributed by atoms with Crippen LogP contribution in [0, 0.1) is 24.2 Å². The van der Waals surface area contributed by atoms with Crippen molar-refractivity contribution in [2.45, 2.75) is 19.3 Å². The van der Waals surface area contributed by atoms with Crippen molar-refractivity contribution in [3.63, 3.8) is 0 Å². The van der Waals surface area contributed by atoms with E-state index in [9.17, 15) is 14.0 Å². The summed E-state index contributed by atoms with van der Waals surface area (Å²) in [5.74, 6) is -0.136. The molecule has 1 spiro atoms. The summed E-state index contributed by atoms with van der Waals surface area (Å²) in [6.45, 7) is 2.92. The second-order valence-corrected chi connectivity index (χ2v) is 7.71. The van der Waals surface area contributed by atoms with E-state index >= 15 is 0 Å². The summed E-state index contributed by atoms with van der Waals surface area (Å²) >= 11 is 5.79. The van der Waals surface area contributed by atoms with Crippen LogP contribution in [-0.2, 0) is 37.1 Å². The number of nitrogens with one attached hydrogen (secondary N) is 2. The Morgan fingerprint density at radius 3 is 2.58 bits per heavy atom. The Bertz CT molecular complexity index is 654. The SMILES string of the molecule is [CH2-]NC(=O)CN1CC2(CC(CNC(=O)Cc3cc(F)cc(Cl)c3)C2)C1.[W]. The first-order chi connectivity index (χ1) is 11.9. The average Bonchev–Trinajstić information content (AvgIpc) is 2.45. The van der Waals surface area contributed by atoms with E-state index in [2.05, 4.69) is 22.6 Å². The molecular formula is C18H22ClFN3O2W-. The van der Waals surface area contributed by atoms with Crippen molar-refractivity contribution in [3.05, 3.63) is 41.7 Å². The van der Waals surface area contributed by atoms with Gasteiger partial charge < -0.3 is 10.6 Å². The van der Waals surface area contributed by atoms with Gasteiger partial charge in [-0.05, 0) is 47.9 Å². The molecule has 26 heavy (non-hydrogen) atoms. The molecule has 0 unspecified atom stereocenters. The van der Waals surface area contributed by atoms with Crippen LogP contribution in [0.25, 0.3) is 0 Å². The molecule has 2 fully saturated rings. The zero-order valence-corrected chi connectivity index (χ0v) is 18.1. The van der Waals surface area contributed by atoms with Gasteiger partial charge in [0, 0.05) is 45.7 Å². The van der Waals surface area contributed by atoms with Gasteiger partial charge in [-0.15, -0.1) is 0 Å². The van der Waals surface area contributed by atoms with Crippen molar-refractivity contribution in [3.8, 4) is 0 Å². The molecular weight excluding hydrogens is 529 g/mol. The Kier molecular flexibility index (Phi) is 7.23. The van der Waals surface area contributed by atoms with Crippen molar-refractivity contribution in [1.82, 2.24) is 15.5 Å². The van der Waals surface area contributed by atoms with Crippen molar-refractivity contribution < 1.29 is 35.0 Å². The van der Waals surface area contributed by atoms with Crippen molar-refractivity contribution >= 4 is 23.4 Å². The molecule has 1 aliphatic carbocycles. The first-order valence-electron chi connectivity index (χ1n) is 8.37. The summed E-state index contributed by atoms with van der Waals surface area (Å²) < 4.78 is 13.3. The van der Waals surface area contributed by atoms with Crippen LogP contribution in [0.5, 0.6) is 0 Å². The average molecular weight is 551 g/mol. The van der Waals surface area contributed by atoms with Crippen LogP contribution in [0.3, 0.4) is 0 Å². The maximum absolute atomic E-state index is 13.3. The molecule has 0 bridgehead atoms. The number of hydrogen-bond acceptors (Lipinski definition) is 3. The van der Waals surface area contributed by atoms with Gasteiger partial charge in [0.1, 0.15) is 5.82 Å². The van der Waals surface area contributed by atoms with Crippen molar-refractivity contribution in [2.24, 2.45) is 11.3 Å². The van der Waals surface area contributed by atoms with E-state index in [1.165, 1.54) is 12.1 Å². The minimum absolute atomic E-state index is 0. The Labute approximate surface area is 172 Å². The topological polar surface area (TPSA) is 61.4 Å². The number of likely N-dealkylation sites (tertiary alicyclic amines) is 1. The molecule has 1 heterocycles. The summed E-state index contributed by atoms with van der Waals surface area (Å²) in [7, 11) is 3.37. The van der Waals surface area contributed by atoms with Crippen LogP contribution in [0.4, 0.5) is 4.39 Å². The van der Waals surface area contributed by atoms with E-state index in [-0.39, 0.29) is 39.3 Å². The first-order valence-corrected chi connectivity index (χ1v) is 8.75. The Balaban J connectivity index is 0.00000243. The number of benzene rings is 1. The number of rotatable bonds is 6. The Hall–Kier alpha value is -0.972. The van der Waals surface area contributed by atoms with Crippen LogP contribution in [0.1, 0.15) is 18.4 Å². The number of amides is 2. The van der Waals surface area contributed by atoms with Crippen LogP contribution >= 0.6 is 11.6 Å². The largest absolute Gasteiger partial charge is 0.507 e. The maximum Gasteiger partial charge on any atom is 0.224 e. The standard InChI is InChI=1S/C18H22ClFN3O2.W/c1-21-17(25)9-23-10-18(11-23)6-13(7-18)8-22-16(24)4-12-2-14(19)5-15(20)3-12;/h2-3,5,13H,1,4,6-11H2,(H,21,25)(H,22,24);/q-1;. The van der Waals surface area contributed by atoms with Crippen molar-refractivity contribution in [2.75, 3.05) is 26.2 Å². The van der Waals surface area contributed by atoms with Gasteiger partial charge in [-0.25, -0.2) is 4.39 Å². The van der Waals surface area contributed by atoms with Crippen LogP contribution in [0.15, 0.2) is 18.2 Å². The molecule has 0 aromatic heterocycles. The second-order valence-electron chi connectivity index (χ2n) is 7.28. The van der Waals surface area contributed by atoms with Gasteiger partial charge in [-0.1, -0.05) is 11.6 Å². The maximum atomic E-state index is 13.3. The fourth-order valence-electron chi connectivity index (χ4n) is 4.06. The van der Waals surface area contributed by atoms with E-state index in [0.29, 0.717) is 35.0 Å². The minimum atomic E-state index is -0.432. The molecule has 8 heteroatoms. The van der Waals surface area contributed by atoms with Gasteiger partial charge in [0.2, 0.25) is 11.8 Å². The van der Waals surface area contributed by atoms with Crippen molar-refractivity contribution in [1.29, 1.82) is 0 Å². The van der Waals surface area contributed by atoms with Gasteiger partial charge in [-0.2, -0.15) is 0 Å². The molecule has 1 aromatic carbocycles. The second kappa shape index (κ2) is 8.81. The Morgan fingerprint density at radius 2 is 1.96 bits per heavy atom. The van der Waals surface area contributed by atoms with Crippen LogP contribution in [0.2, 0.25) is 5.02 Å². The van der Waals surface area contributed by atoms with Gasteiger partial charge >= 0.3 is 0 Å². The first kappa shape index (κ1) is 21.3. The molecule has 2 aliphatic rings. The molecule has 1 saturated heterocycles. The molecule has 5 nitrogen and oxygen atoms in total. The summed E-state index contributed by atoms with van der Waals surface area (Å²) in [6.07, 6.45) is 2.27. The summed E-state index contributed by atoms with van der Waals surface area (Å²) in [5.41, 5.74) is 0.901. The molecule has 0 radical (unpaired) electrons. The van der Waals surface area contributed by atoms with Gasteiger partial charge in [0.05, 0.1) is 13.0 Å². The number of carbonyl (C=O) groups is 2. The summed E-state index contributed by atoms with van der Waals surface area (Å²) in [6, 6.07) is 4.15. The summed E-state index contributed by atoms with van der Waals surface area (Å²) in [5, 5.41) is 5.60. The van der Waals surface area contributed by atoms with Crippen LogP contribution in [-0.4, -0.2) is 42.9 Å². The van der Waals surface area contributed by atoms with Gasteiger partial charge in [0.25, 0.3) is 0 Å². The molecule has 1 aromatic rings. The normalized spacial score (nSPS) is 18.4. The van der Waals surface area contributed by atoms with Crippen LogP contribution < -0.4 is 10.6 Å². The molecule has 2 N–H and O–H groups in total. The number of halogens is 2. The number of nitrogens with zero attached hydrogens (tertiary/aromatic N) is 1. The predicted molar refractivity (Wildman–Crippen MR) is 93.2 cm³/mol. The summed E-state index contributed by atoms with van der Waals surface area (Å²) in [4.78, 5) is 25.4. The minimum Gasteiger partial charge on any atom is -0.507 e. The molecule has 2 amide bonds. The molecule has 3 rings (SSSR count). The predicted octanol–water partition coefficient (Wildman–Crippen LogP) is 1.76.